The fourth-order valence-corrected chi connectivity index (χ4v) is 3.55. The maximum Gasteiger partial charge on any atom is 0.325 e. The minimum Gasteiger partial charge on any atom is -0.465 e. The molecule has 8 nitrogen and oxygen atoms in total. The highest BCUT2D eigenvalue weighted by Crippen LogP contribution is 2.24. The minimum absolute atomic E-state index is 0.0908. The van der Waals surface area contributed by atoms with Gasteiger partial charge in [0.1, 0.15) is 6.54 Å². The average Bonchev–Trinajstić information content (AvgIpc) is 2.59. The number of benzene rings is 1. The van der Waals surface area contributed by atoms with E-state index in [1.165, 1.54) is 19.3 Å². The number of esters is 1. The Morgan fingerprint density at radius 1 is 1.28 bits per heavy atom. The third kappa shape index (κ3) is 4.52. The number of rotatable bonds is 7. The van der Waals surface area contributed by atoms with Crippen molar-refractivity contribution in [3.05, 3.63) is 36.7 Å². The molecule has 0 fully saturated rings. The van der Waals surface area contributed by atoms with Crippen molar-refractivity contribution in [1.29, 1.82) is 0 Å². The Balaban J connectivity index is 2.13. The number of carbonyl (C=O) groups is 2. The van der Waals surface area contributed by atoms with Crippen molar-refractivity contribution < 1.29 is 22.7 Å². The predicted molar refractivity (Wildman–Crippen MR) is 91.2 cm³/mol. The molecular weight excluding hydrogens is 346 g/mol. The Hall–Kier alpha value is -2.52. The number of aromatic nitrogens is 1. The van der Waals surface area contributed by atoms with E-state index in [1.807, 2.05) is 0 Å². The summed E-state index contributed by atoms with van der Waals surface area (Å²) in [5, 5.41) is 3.54. The second-order valence-corrected chi connectivity index (χ2v) is 7.21. The van der Waals surface area contributed by atoms with Crippen LogP contribution in [0.2, 0.25) is 0 Å². The lowest BCUT2D eigenvalue weighted by Crippen LogP contribution is -2.40. The molecule has 1 amide bonds. The summed E-state index contributed by atoms with van der Waals surface area (Å²) in [5.74, 6) is -1.18. The van der Waals surface area contributed by atoms with Crippen molar-refractivity contribution >= 4 is 32.7 Å². The molecule has 1 aromatic heterocycles. The summed E-state index contributed by atoms with van der Waals surface area (Å²) in [6, 6.07) is 6.46. The third-order valence-corrected chi connectivity index (χ3v) is 5.29. The van der Waals surface area contributed by atoms with Crippen molar-refractivity contribution in [2.75, 3.05) is 26.7 Å². The zero-order valence-corrected chi connectivity index (χ0v) is 14.7. The van der Waals surface area contributed by atoms with Crippen molar-refractivity contribution in [2.45, 2.75) is 11.8 Å². The second-order valence-electron chi connectivity index (χ2n) is 5.20. The summed E-state index contributed by atoms with van der Waals surface area (Å²) in [6.07, 6.45) is 3.08. The Kier molecular flexibility index (Phi) is 6.05. The van der Waals surface area contributed by atoms with Crippen LogP contribution < -0.4 is 5.32 Å². The van der Waals surface area contributed by atoms with Gasteiger partial charge in [0, 0.05) is 30.2 Å². The number of carbonyl (C=O) groups excluding carboxylic acids is 2. The van der Waals surface area contributed by atoms with Crippen molar-refractivity contribution in [2.24, 2.45) is 0 Å². The lowest BCUT2D eigenvalue weighted by Gasteiger charge is -2.18. The van der Waals surface area contributed by atoms with Gasteiger partial charge >= 0.3 is 5.97 Å². The van der Waals surface area contributed by atoms with E-state index < -0.39 is 28.4 Å². The molecule has 0 saturated heterocycles. The van der Waals surface area contributed by atoms with Gasteiger partial charge < -0.3 is 10.1 Å². The van der Waals surface area contributed by atoms with Crippen LogP contribution >= 0.6 is 0 Å². The zero-order valence-electron chi connectivity index (χ0n) is 13.9. The van der Waals surface area contributed by atoms with Crippen LogP contribution in [0.4, 0.5) is 0 Å². The first-order chi connectivity index (χ1) is 11.9. The van der Waals surface area contributed by atoms with E-state index >= 15 is 0 Å². The van der Waals surface area contributed by atoms with Gasteiger partial charge in [-0.2, -0.15) is 4.31 Å². The predicted octanol–water partition coefficient (Wildman–Crippen LogP) is 0.535. The van der Waals surface area contributed by atoms with Crippen LogP contribution in [-0.4, -0.2) is 56.3 Å². The number of fused-ring (bicyclic) bond motifs is 1. The number of nitrogens with one attached hydrogen (secondary N) is 1. The van der Waals surface area contributed by atoms with Crippen molar-refractivity contribution in [3.8, 4) is 0 Å². The Bertz CT molecular complexity index is 877. The number of hydrogen-bond acceptors (Lipinski definition) is 6. The highest BCUT2D eigenvalue weighted by Gasteiger charge is 2.25. The van der Waals surface area contributed by atoms with Gasteiger partial charge in [0.05, 0.1) is 18.0 Å². The summed E-state index contributed by atoms with van der Waals surface area (Å²) in [6.45, 7) is 1.14. The average molecular weight is 365 g/mol. The van der Waals surface area contributed by atoms with Crippen LogP contribution in [0.3, 0.4) is 0 Å². The van der Waals surface area contributed by atoms with Crippen LogP contribution in [0.1, 0.15) is 6.92 Å². The number of likely N-dealkylation sites (N-methyl/N-ethyl adjacent to an activating group) is 1. The van der Waals surface area contributed by atoms with E-state index in [-0.39, 0.29) is 18.0 Å². The zero-order chi connectivity index (χ0) is 18.4. The van der Waals surface area contributed by atoms with Gasteiger partial charge in [-0.1, -0.05) is 12.1 Å². The maximum atomic E-state index is 12.8. The molecule has 0 bridgehead atoms. The fraction of sp³-hybridized carbons (Fsp3) is 0.312. The normalized spacial score (nSPS) is 11.5. The monoisotopic (exact) mass is 365 g/mol. The van der Waals surface area contributed by atoms with E-state index in [4.69, 9.17) is 4.74 Å². The molecule has 0 atom stereocenters. The number of pyridine rings is 1. The van der Waals surface area contributed by atoms with Crippen LogP contribution in [0.15, 0.2) is 41.6 Å². The van der Waals surface area contributed by atoms with Crippen LogP contribution in [0.5, 0.6) is 0 Å². The van der Waals surface area contributed by atoms with Crippen molar-refractivity contribution in [3.63, 3.8) is 0 Å². The molecule has 0 aliphatic heterocycles. The smallest absolute Gasteiger partial charge is 0.325 e. The first-order valence-corrected chi connectivity index (χ1v) is 9.01. The standard InChI is InChI=1S/C16H19N3O5S/c1-3-24-16(21)10-18-15(20)11-19(2)25(22,23)14-6-4-5-12-9-17-8-7-13(12)14/h4-9H,3,10-11H2,1-2H3,(H,18,20). The van der Waals surface area contributed by atoms with Crippen molar-refractivity contribution in [1.82, 2.24) is 14.6 Å². The highest BCUT2D eigenvalue weighted by molar-refractivity contribution is 7.89. The topological polar surface area (TPSA) is 106 Å². The van der Waals surface area contributed by atoms with Gasteiger partial charge in [0.25, 0.3) is 0 Å². The highest BCUT2D eigenvalue weighted by atomic mass is 32.2. The van der Waals surface area contributed by atoms with Gasteiger partial charge in [-0.05, 0) is 19.1 Å². The van der Waals surface area contributed by atoms with E-state index in [9.17, 15) is 18.0 Å². The summed E-state index contributed by atoms with van der Waals surface area (Å²) in [5.41, 5.74) is 0. The molecule has 2 aromatic rings. The molecule has 0 spiro atoms. The summed E-state index contributed by atoms with van der Waals surface area (Å²) in [7, 11) is -2.58. The van der Waals surface area contributed by atoms with Crippen LogP contribution in [-0.2, 0) is 24.3 Å². The van der Waals surface area contributed by atoms with E-state index in [1.54, 1.807) is 31.3 Å². The molecule has 0 aliphatic rings. The number of nitrogens with zero attached hydrogens (tertiary/aromatic N) is 2. The van der Waals surface area contributed by atoms with Gasteiger partial charge in [-0.15, -0.1) is 0 Å². The molecule has 1 aromatic carbocycles. The third-order valence-electron chi connectivity index (χ3n) is 3.43. The van der Waals surface area contributed by atoms with Gasteiger partial charge in [0.15, 0.2) is 0 Å². The first kappa shape index (κ1) is 18.8. The molecule has 0 radical (unpaired) electrons. The van der Waals surface area contributed by atoms with Gasteiger partial charge in [-0.25, -0.2) is 8.42 Å². The molecule has 9 heteroatoms. The summed E-state index contributed by atoms with van der Waals surface area (Å²) in [4.78, 5) is 27.2. The number of sulfonamides is 1. The van der Waals surface area contributed by atoms with Crippen LogP contribution in [0.25, 0.3) is 10.8 Å². The lowest BCUT2D eigenvalue weighted by molar-refractivity contribution is -0.143. The van der Waals surface area contributed by atoms with Gasteiger partial charge in [-0.3, -0.25) is 14.6 Å². The minimum atomic E-state index is -3.88. The molecule has 0 aliphatic carbocycles. The van der Waals surface area contributed by atoms with E-state index in [2.05, 4.69) is 10.3 Å². The van der Waals surface area contributed by atoms with E-state index in [0.29, 0.717) is 10.8 Å². The molecule has 1 heterocycles. The molecular formula is C16H19N3O5S. The molecule has 0 unspecified atom stereocenters. The number of hydrogen-bond donors (Lipinski definition) is 1. The number of amides is 1. The summed E-state index contributed by atoms with van der Waals surface area (Å²) >= 11 is 0. The largest absolute Gasteiger partial charge is 0.465 e. The SMILES string of the molecule is CCOC(=O)CNC(=O)CN(C)S(=O)(=O)c1cccc2cnccc12. The number of ether oxygens (including phenoxy) is 1. The van der Waals surface area contributed by atoms with Gasteiger partial charge in [0.2, 0.25) is 15.9 Å². The first-order valence-electron chi connectivity index (χ1n) is 7.57. The summed E-state index contributed by atoms with van der Waals surface area (Å²) < 4.78 is 31.1. The Morgan fingerprint density at radius 3 is 2.76 bits per heavy atom. The Morgan fingerprint density at radius 2 is 2.04 bits per heavy atom. The fourth-order valence-electron chi connectivity index (χ4n) is 2.21. The lowest BCUT2D eigenvalue weighted by atomic mass is 10.2. The molecule has 2 rings (SSSR count). The maximum absolute atomic E-state index is 12.8. The molecule has 0 saturated carbocycles. The molecule has 25 heavy (non-hydrogen) atoms. The van der Waals surface area contributed by atoms with E-state index in [0.717, 1.165) is 4.31 Å². The molecule has 1 N–H and O–H groups in total. The second kappa shape index (κ2) is 8.04. The Labute approximate surface area is 145 Å². The molecule has 134 valence electrons. The van der Waals surface area contributed by atoms with Crippen LogP contribution in [0, 0.1) is 0 Å². The quantitative estimate of drug-likeness (QED) is 0.718.